The molecule has 0 unspecified atom stereocenters. The summed E-state index contributed by atoms with van der Waals surface area (Å²) in [5, 5.41) is 0. The van der Waals surface area contributed by atoms with Gasteiger partial charge < -0.3 is 15.5 Å². The van der Waals surface area contributed by atoms with Gasteiger partial charge in [0.2, 0.25) is 11.8 Å². The fourth-order valence-electron chi connectivity index (χ4n) is 4.26. The fraction of sp³-hybridized carbons (Fsp3) is 0.520. The number of carbonyl (C=O) groups is 2. The molecule has 2 heterocycles. The highest BCUT2D eigenvalue weighted by molar-refractivity contribution is 6.00. The van der Waals surface area contributed by atoms with E-state index in [1.54, 1.807) is 4.90 Å². The molecule has 1 fully saturated rings. The second-order valence-corrected chi connectivity index (χ2v) is 9.50. The van der Waals surface area contributed by atoms with Crippen molar-refractivity contribution in [3.63, 3.8) is 0 Å². The molecule has 1 saturated heterocycles. The zero-order valence-corrected chi connectivity index (χ0v) is 20.5. The van der Waals surface area contributed by atoms with Gasteiger partial charge in [0.05, 0.1) is 5.92 Å². The van der Waals surface area contributed by atoms with Crippen LogP contribution < -0.4 is 21.9 Å². The molecule has 0 aliphatic carbocycles. The van der Waals surface area contributed by atoms with Gasteiger partial charge in [-0.15, -0.1) is 0 Å². The van der Waals surface area contributed by atoms with Gasteiger partial charge in [-0.05, 0) is 24.8 Å². The second-order valence-electron chi connectivity index (χ2n) is 9.50. The maximum Gasteiger partial charge on any atom is 0.330 e. The van der Waals surface area contributed by atoms with Crippen LogP contribution in [-0.4, -0.2) is 39.4 Å². The van der Waals surface area contributed by atoms with E-state index in [4.69, 9.17) is 5.73 Å². The number of rotatable bonds is 9. The summed E-state index contributed by atoms with van der Waals surface area (Å²) < 4.78 is 1.31. The van der Waals surface area contributed by atoms with E-state index in [0.717, 1.165) is 17.5 Å². The third-order valence-electron chi connectivity index (χ3n) is 6.09. The molecule has 0 radical (unpaired) electrons. The number of nitrogens with zero attached hydrogens (tertiary/aromatic N) is 3. The van der Waals surface area contributed by atoms with Gasteiger partial charge in [-0.2, -0.15) is 0 Å². The van der Waals surface area contributed by atoms with Crippen molar-refractivity contribution in [3.8, 4) is 0 Å². The van der Waals surface area contributed by atoms with E-state index in [9.17, 15) is 19.2 Å². The van der Waals surface area contributed by atoms with Crippen LogP contribution in [0.15, 0.2) is 33.9 Å². The fourth-order valence-corrected chi connectivity index (χ4v) is 4.26. The largest absolute Gasteiger partial charge is 0.383 e. The Bertz CT molecular complexity index is 1150. The quantitative estimate of drug-likeness (QED) is 0.583. The molecule has 1 aromatic carbocycles. The van der Waals surface area contributed by atoms with Gasteiger partial charge in [-0.25, -0.2) is 4.79 Å². The van der Waals surface area contributed by atoms with Gasteiger partial charge in [-0.3, -0.25) is 23.9 Å². The van der Waals surface area contributed by atoms with Crippen molar-refractivity contribution in [1.29, 1.82) is 0 Å². The first-order chi connectivity index (χ1) is 16.1. The van der Waals surface area contributed by atoms with Gasteiger partial charge in [-0.1, -0.05) is 57.0 Å². The summed E-state index contributed by atoms with van der Waals surface area (Å²) in [6.07, 6.45) is 1.63. The molecule has 184 valence electrons. The second kappa shape index (κ2) is 10.7. The van der Waals surface area contributed by atoms with Gasteiger partial charge in [0, 0.05) is 32.6 Å². The van der Waals surface area contributed by atoms with Gasteiger partial charge in [0.15, 0.2) is 5.69 Å². The van der Waals surface area contributed by atoms with Crippen molar-refractivity contribution in [3.05, 3.63) is 56.2 Å². The van der Waals surface area contributed by atoms with E-state index < -0.39 is 17.2 Å². The Morgan fingerprint density at radius 2 is 1.88 bits per heavy atom. The Balaban J connectivity index is 1.89. The molecule has 9 heteroatoms. The summed E-state index contributed by atoms with van der Waals surface area (Å²) in [6.45, 7) is 9.15. The SMILES string of the molecule is CCCCn1c(N)c(N(CC(C)C)C(=O)[C@@H]2CC(=O)N(Cc3ccc(C)cc3)C2)c(=O)[nH]c1=O. The van der Waals surface area contributed by atoms with E-state index >= 15 is 0 Å². The first-order valence-electron chi connectivity index (χ1n) is 11.9. The van der Waals surface area contributed by atoms with E-state index in [1.165, 1.54) is 9.47 Å². The summed E-state index contributed by atoms with van der Waals surface area (Å²) >= 11 is 0. The maximum absolute atomic E-state index is 13.6. The summed E-state index contributed by atoms with van der Waals surface area (Å²) in [4.78, 5) is 56.9. The predicted octanol–water partition coefficient (Wildman–Crippen LogP) is 2.27. The van der Waals surface area contributed by atoms with Gasteiger partial charge >= 0.3 is 5.69 Å². The maximum atomic E-state index is 13.6. The van der Waals surface area contributed by atoms with E-state index in [2.05, 4.69) is 4.98 Å². The number of nitrogen functional groups attached to an aromatic ring is 1. The Labute approximate surface area is 199 Å². The zero-order chi connectivity index (χ0) is 25.0. The molecule has 9 nitrogen and oxygen atoms in total. The minimum Gasteiger partial charge on any atom is -0.383 e. The number of nitrogens with two attached hydrogens (primary N) is 1. The lowest BCUT2D eigenvalue weighted by Gasteiger charge is -2.28. The smallest absolute Gasteiger partial charge is 0.330 e. The van der Waals surface area contributed by atoms with Crippen LogP contribution in [0, 0.1) is 18.8 Å². The number of unbranched alkanes of at least 4 members (excludes halogenated alkanes) is 1. The molecule has 3 N–H and O–H groups in total. The highest BCUT2D eigenvalue weighted by Crippen LogP contribution is 2.27. The molecule has 1 aromatic heterocycles. The average Bonchev–Trinajstić information content (AvgIpc) is 3.13. The van der Waals surface area contributed by atoms with Gasteiger partial charge in [0.25, 0.3) is 5.56 Å². The molecule has 1 atom stereocenters. The number of aromatic amines is 1. The van der Waals surface area contributed by atoms with Crippen molar-refractivity contribution in [1.82, 2.24) is 14.5 Å². The summed E-state index contributed by atoms with van der Waals surface area (Å²) in [5.74, 6) is -0.993. The van der Waals surface area contributed by atoms with Crippen LogP contribution in [0.4, 0.5) is 11.5 Å². The van der Waals surface area contributed by atoms with Crippen molar-refractivity contribution < 1.29 is 9.59 Å². The molecule has 1 aliphatic rings. The monoisotopic (exact) mass is 469 g/mol. The molecule has 2 aromatic rings. The normalized spacial score (nSPS) is 15.9. The van der Waals surface area contributed by atoms with Crippen LogP contribution in [0.5, 0.6) is 0 Å². The van der Waals surface area contributed by atoms with Crippen LogP contribution in [0.3, 0.4) is 0 Å². The summed E-state index contributed by atoms with van der Waals surface area (Å²) in [6, 6.07) is 7.93. The van der Waals surface area contributed by atoms with Crippen LogP contribution in [0.25, 0.3) is 0 Å². The number of nitrogens with one attached hydrogen (secondary N) is 1. The number of H-pyrrole nitrogens is 1. The van der Waals surface area contributed by atoms with Crippen LogP contribution in [0.1, 0.15) is 51.2 Å². The van der Waals surface area contributed by atoms with Crippen LogP contribution in [-0.2, 0) is 22.7 Å². The molecule has 3 rings (SSSR count). The van der Waals surface area contributed by atoms with Gasteiger partial charge in [0.1, 0.15) is 5.82 Å². The molecule has 0 saturated carbocycles. The van der Waals surface area contributed by atoms with Crippen LogP contribution >= 0.6 is 0 Å². The standard InChI is InChI=1S/C25H35N5O4/c1-5-6-11-29-22(26)21(23(32)27-25(29)34)30(13-16(2)3)24(33)19-12-20(31)28(15-19)14-18-9-7-17(4)8-10-18/h7-10,16,19H,5-6,11-15,26H2,1-4H3,(H,27,32,34)/t19-/m1/s1. The molecule has 1 aliphatic heterocycles. The number of amides is 2. The molecule has 34 heavy (non-hydrogen) atoms. The van der Waals surface area contributed by atoms with Crippen molar-refractivity contribution >= 4 is 23.3 Å². The zero-order valence-electron chi connectivity index (χ0n) is 20.5. The number of aromatic nitrogens is 2. The van der Waals surface area contributed by atoms with Crippen LogP contribution in [0.2, 0.25) is 0 Å². The minimum absolute atomic E-state index is 0.0150. The average molecular weight is 470 g/mol. The summed E-state index contributed by atoms with van der Waals surface area (Å²) in [5.41, 5.74) is 7.12. The molecule has 2 amide bonds. The van der Waals surface area contributed by atoms with Crippen molar-refractivity contribution in [2.75, 3.05) is 23.7 Å². The number of hydrogen-bond donors (Lipinski definition) is 2. The molecule has 0 spiro atoms. The lowest BCUT2D eigenvalue weighted by Crippen LogP contribution is -2.45. The lowest BCUT2D eigenvalue weighted by atomic mass is 10.1. The number of anilines is 2. The first-order valence-corrected chi connectivity index (χ1v) is 11.9. The predicted molar refractivity (Wildman–Crippen MR) is 133 cm³/mol. The Hall–Kier alpha value is -3.36. The number of aryl methyl sites for hydroxylation is 1. The number of benzene rings is 1. The Morgan fingerprint density at radius 3 is 2.50 bits per heavy atom. The van der Waals surface area contributed by atoms with E-state index in [0.29, 0.717) is 19.5 Å². The van der Waals surface area contributed by atoms with E-state index in [-0.39, 0.29) is 48.7 Å². The lowest BCUT2D eigenvalue weighted by molar-refractivity contribution is -0.128. The number of likely N-dealkylation sites (tertiary alicyclic amines) is 1. The topological polar surface area (TPSA) is 121 Å². The molecular formula is C25H35N5O4. The Kier molecular flexibility index (Phi) is 7.96. The minimum atomic E-state index is -0.690. The highest BCUT2D eigenvalue weighted by atomic mass is 16.2. The summed E-state index contributed by atoms with van der Waals surface area (Å²) in [7, 11) is 0. The highest BCUT2D eigenvalue weighted by Gasteiger charge is 2.38. The molecule has 0 bridgehead atoms. The van der Waals surface area contributed by atoms with E-state index in [1.807, 2.05) is 52.0 Å². The third-order valence-corrected chi connectivity index (χ3v) is 6.09. The number of carbonyl (C=O) groups excluding carboxylic acids is 2. The van der Waals surface area contributed by atoms with Crippen molar-refractivity contribution in [2.24, 2.45) is 11.8 Å². The Morgan fingerprint density at radius 1 is 1.21 bits per heavy atom. The van der Waals surface area contributed by atoms with Crippen molar-refractivity contribution in [2.45, 2.75) is 60.0 Å². The third kappa shape index (κ3) is 5.58. The molecular weight excluding hydrogens is 434 g/mol. The number of hydrogen-bond acceptors (Lipinski definition) is 5. The first kappa shape index (κ1) is 25.3.